The number of aryl methyl sites for hydroxylation is 2. The third-order valence-electron chi connectivity index (χ3n) is 3.76. The Morgan fingerprint density at radius 3 is 2.17 bits per heavy atom. The van der Waals surface area contributed by atoms with Gasteiger partial charge in [0.25, 0.3) is 0 Å². The molecule has 0 aromatic heterocycles. The van der Waals surface area contributed by atoms with Gasteiger partial charge in [-0.25, -0.2) is 14.5 Å². The molecule has 2 N–H and O–H groups in total. The van der Waals surface area contributed by atoms with Gasteiger partial charge in [-0.15, -0.1) is 0 Å². The normalized spacial score (nSPS) is 10.5. The predicted octanol–water partition coefficient (Wildman–Crippen LogP) is 3.78. The number of hydrogen-bond acceptors (Lipinski definition) is 7. The van der Waals surface area contributed by atoms with Crippen LogP contribution in [0.4, 0.5) is 0 Å². The van der Waals surface area contributed by atoms with E-state index >= 15 is 0 Å². The van der Waals surface area contributed by atoms with E-state index in [1.54, 1.807) is 31.2 Å². The van der Waals surface area contributed by atoms with Gasteiger partial charge in [0.1, 0.15) is 19.1 Å². The molecular formula is C21H24O8. The molecule has 0 bridgehead atoms. The van der Waals surface area contributed by atoms with E-state index in [4.69, 9.17) is 19.5 Å². The molecule has 0 atom stereocenters. The molecule has 0 heterocycles. The summed E-state index contributed by atoms with van der Waals surface area (Å²) in [7, 11) is 0. The minimum absolute atomic E-state index is 0.0624. The van der Waals surface area contributed by atoms with Crippen LogP contribution in [0.25, 0.3) is 0 Å². The first-order valence-electron chi connectivity index (χ1n) is 8.54. The van der Waals surface area contributed by atoms with Crippen molar-refractivity contribution in [2.24, 2.45) is 0 Å². The van der Waals surface area contributed by atoms with Crippen molar-refractivity contribution in [2.45, 2.75) is 40.1 Å². The summed E-state index contributed by atoms with van der Waals surface area (Å²) in [5.41, 5.74) is 2.03. The van der Waals surface area contributed by atoms with Crippen molar-refractivity contribution >= 4 is 18.7 Å². The number of carboxylic acid groups (broad SMARTS) is 1. The summed E-state index contributed by atoms with van der Waals surface area (Å²) in [4.78, 5) is 36.1. The zero-order valence-electron chi connectivity index (χ0n) is 16.7. The number of carbonyl (C=O) groups is 3. The highest BCUT2D eigenvalue weighted by Gasteiger charge is 2.29. The lowest BCUT2D eigenvalue weighted by atomic mass is 10.0. The highest BCUT2D eigenvalue weighted by atomic mass is 17.1. The number of hydrogen-bond donors (Lipinski definition) is 2. The molecule has 29 heavy (non-hydrogen) atoms. The van der Waals surface area contributed by atoms with Gasteiger partial charge in [0, 0.05) is 19.4 Å². The van der Waals surface area contributed by atoms with E-state index < -0.39 is 17.7 Å². The van der Waals surface area contributed by atoms with Gasteiger partial charge < -0.3 is 19.4 Å². The number of ether oxygens (including phenoxy) is 2. The Labute approximate surface area is 168 Å². The lowest BCUT2D eigenvalue weighted by Crippen LogP contribution is -2.35. The summed E-state index contributed by atoms with van der Waals surface area (Å²) in [6, 6.07) is 9.70. The van der Waals surface area contributed by atoms with Gasteiger partial charge in [-0.1, -0.05) is 23.3 Å². The smallest absolute Gasteiger partial charge is 0.342 e. The lowest BCUT2D eigenvalue weighted by molar-refractivity contribution is -0.253. The molecule has 8 nitrogen and oxygen atoms in total. The van der Waals surface area contributed by atoms with E-state index in [9.17, 15) is 14.7 Å². The highest BCUT2D eigenvalue weighted by molar-refractivity contribution is 6.02. The number of rotatable bonds is 7. The largest absolute Gasteiger partial charge is 0.478 e. The van der Waals surface area contributed by atoms with E-state index in [1.165, 1.54) is 26.0 Å². The van der Waals surface area contributed by atoms with Crippen LogP contribution in [-0.4, -0.2) is 34.9 Å². The van der Waals surface area contributed by atoms with Gasteiger partial charge in [0.15, 0.2) is 0 Å². The maximum Gasteiger partial charge on any atom is 0.342 e. The third-order valence-corrected chi connectivity index (χ3v) is 3.76. The van der Waals surface area contributed by atoms with Crippen LogP contribution in [-0.2, 0) is 21.0 Å². The average molecular weight is 404 g/mol. The molecule has 0 saturated heterocycles. The number of carbonyl (C=O) groups excluding carboxylic acids is 2. The SMILES string of the molecule is C=O.Cc1ccc(OC(C)(C)OC(=O)c2ccc(C)cc2C(=O)O)c(COO)c1. The van der Waals surface area contributed by atoms with Crippen LogP contribution in [0.2, 0.25) is 0 Å². The molecule has 2 aromatic carbocycles. The van der Waals surface area contributed by atoms with Crippen LogP contribution in [0.3, 0.4) is 0 Å². The first-order valence-corrected chi connectivity index (χ1v) is 8.54. The van der Waals surface area contributed by atoms with Crippen LogP contribution in [0, 0.1) is 13.8 Å². The average Bonchev–Trinajstić information content (AvgIpc) is 2.65. The summed E-state index contributed by atoms with van der Waals surface area (Å²) in [6.45, 7) is 8.57. The lowest BCUT2D eigenvalue weighted by Gasteiger charge is -2.27. The third kappa shape index (κ3) is 6.70. The van der Waals surface area contributed by atoms with Crippen molar-refractivity contribution < 1.29 is 39.1 Å². The molecule has 2 aromatic rings. The maximum absolute atomic E-state index is 12.5. The molecular weight excluding hydrogens is 380 g/mol. The zero-order valence-corrected chi connectivity index (χ0v) is 16.7. The minimum Gasteiger partial charge on any atom is -0.478 e. The minimum atomic E-state index is -1.39. The number of esters is 1. The van der Waals surface area contributed by atoms with E-state index in [1.807, 2.05) is 13.7 Å². The van der Waals surface area contributed by atoms with Crippen molar-refractivity contribution in [1.29, 1.82) is 0 Å². The van der Waals surface area contributed by atoms with Crippen molar-refractivity contribution in [3.63, 3.8) is 0 Å². The van der Waals surface area contributed by atoms with Gasteiger partial charge in [0.2, 0.25) is 5.79 Å². The van der Waals surface area contributed by atoms with Crippen molar-refractivity contribution in [3.8, 4) is 5.75 Å². The second-order valence-electron chi connectivity index (χ2n) is 6.63. The predicted molar refractivity (Wildman–Crippen MR) is 104 cm³/mol. The molecule has 0 saturated carbocycles. The van der Waals surface area contributed by atoms with Gasteiger partial charge in [-0.3, -0.25) is 5.26 Å². The molecule has 0 spiro atoms. The van der Waals surface area contributed by atoms with Crippen molar-refractivity contribution in [3.05, 3.63) is 64.2 Å². The van der Waals surface area contributed by atoms with Gasteiger partial charge >= 0.3 is 11.9 Å². The highest BCUT2D eigenvalue weighted by Crippen LogP contribution is 2.27. The molecule has 8 heteroatoms. The second-order valence-corrected chi connectivity index (χ2v) is 6.63. The maximum atomic E-state index is 12.5. The first kappa shape index (κ1) is 23.8. The van der Waals surface area contributed by atoms with Gasteiger partial charge in [-0.2, -0.15) is 0 Å². The topological polar surface area (TPSA) is 119 Å². The molecule has 0 aliphatic rings. The molecule has 156 valence electrons. The number of benzene rings is 2. The Kier molecular flexibility index (Phi) is 8.50. The fourth-order valence-electron chi connectivity index (χ4n) is 2.57. The van der Waals surface area contributed by atoms with E-state index in [-0.39, 0.29) is 17.7 Å². The summed E-state index contributed by atoms with van der Waals surface area (Å²) >= 11 is 0. The van der Waals surface area contributed by atoms with E-state index in [0.717, 1.165) is 5.56 Å². The van der Waals surface area contributed by atoms with Crippen molar-refractivity contribution in [1.82, 2.24) is 0 Å². The molecule has 0 radical (unpaired) electrons. The first-order chi connectivity index (χ1) is 13.6. The summed E-state index contributed by atoms with van der Waals surface area (Å²) in [5, 5.41) is 18.1. The fourth-order valence-corrected chi connectivity index (χ4v) is 2.57. The van der Waals surface area contributed by atoms with Crippen molar-refractivity contribution in [2.75, 3.05) is 0 Å². The Balaban J connectivity index is 0.00000204. The fraction of sp³-hybridized carbons (Fsp3) is 0.286. The van der Waals surface area contributed by atoms with Crippen LogP contribution in [0.15, 0.2) is 36.4 Å². The van der Waals surface area contributed by atoms with E-state index in [2.05, 4.69) is 4.89 Å². The zero-order chi connectivity index (χ0) is 22.2. The molecule has 0 aliphatic heterocycles. The van der Waals surface area contributed by atoms with Crippen LogP contribution >= 0.6 is 0 Å². The summed E-state index contributed by atoms with van der Waals surface area (Å²) < 4.78 is 11.2. The number of carboxylic acids is 1. The summed E-state index contributed by atoms with van der Waals surface area (Å²) in [6.07, 6.45) is 0. The quantitative estimate of drug-likeness (QED) is 0.310. The Bertz CT molecular complexity index is 873. The summed E-state index contributed by atoms with van der Waals surface area (Å²) in [5.74, 6) is -3.05. The van der Waals surface area contributed by atoms with Crippen LogP contribution in [0.5, 0.6) is 5.75 Å². The molecule has 0 amide bonds. The molecule has 0 unspecified atom stereocenters. The van der Waals surface area contributed by atoms with Crippen LogP contribution in [0.1, 0.15) is 51.3 Å². The molecule has 0 aliphatic carbocycles. The van der Waals surface area contributed by atoms with Gasteiger partial charge in [-0.05, 0) is 38.1 Å². The Hall–Kier alpha value is -3.23. The van der Waals surface area contributed by atoms with Crippen LogP contribution < -0.4 is 4.74 Å². The van der Waals surface area contributed by atoms with E-state index in [0.29, 0.717) is 16.9 Å². The Morgan fingerprint density at radius 1 is 1.00 bits per heavy atom. The molecule has 2 rings (SSSR count). The standard InChI is InChI=1S/C20H22O7.CH2O/c1-12-6-8-17(14(9-12)11-25-24)26-20(3,4)27-19(23)15-7-5-13(2)10-16(15)18(21)22;1-2/h5-10,24H,11H2,1-4H3,(H,21,22);1H2. The Morgan fingerprint density at radius 2 is 1.59 bits per heavy atom. The number of aromatic carboxylic acids is 1. The second kappa shape index (κ2) is 10.4. The van der Waals surface area contributed by atoms with Gasteiger partial charge in [0.05, 0.1) is 11.1 Å². The monoisotopic (exact) mass is 404 g/mol. The molecule has 0 fully saturated rings.